The van der Waals surface area contributed by atoms with E-state index in [1.165, 1.54) is 16.1 Å². The van der Waals surface area contributed by atoms with Crippen LogP contribution in [0.5, 0.6) is 0 Å². The van der Waals surface area contributed by atoms with Crippen molar-refractivity contribution < 1.29 is 13.2 Å². The van der Waals surface area contributed by atoms with Crippen LogP contribution >= 0.6 is 11.5 Å². The third-order valence-corrected chi connectivity index (χ3v) is 5.23. The fourth-order valence-corrected chi connectivity index (χ4v) is 3.95. The largest absolute Gasteiger partial charge is 0.434 e. The van der Waals surface area contributed by atoms with Gasteiger partial charge in [-0.15, -0.1) is 0 Å². The number of imidazole rings is 1. The van der Waals surface area contributed by atoms with E-state index in [2.05, 4.69) is 15.4 Å². The lowest BCUT2D eigenvalue weighted by atomic mass is 9.97. The number of aryl methyl sites for hydroxylation is 2. The monoisotopic (exact) mass is 355 g/mol. The lowest BCUT2D eigenvalue weighted by molar-refractivity contribution is -0.141. The molecule has 1 fully saturated rings. The number of nitrogens with zero attached hydrogens (tertiary/aromatic N) is 5. The zero-order chi connectivity index (χ0) is 17.5. The first-order valence-corrected chi connectivity index (χ1v) is 8.30. The molecule has 1 saturated heterocycles. The Morgan fingerprint density at radius 2 is 2.17 bits per heavy atom. The molecule has 1 aliphatic rings. The average Bonchev–Trinajstić information content (AvgIpc) is 3.10. The van der Waals surface area contributed by atoms with Gasteiger partial charge in [-0.25, -0.2) is 4.98 Å². The molecule has 0 aromatic carbocycles. The van der Waals surface area contributed by atoms with Gasteiger partial charge in [0.15, 0.2) is 5.69 Å². The standard InChI is InChI=1S/C15H16F3N5S/c1-9-11(6-19)14(24-21-9)23-5-3-4-10(7-23)13-20-12(8-22(13)2)15(16,17)18/h8,10H,3-5,7H2,1-2H3/t10-/m1/s1. The molecule has 1 atom stereocenters. The van der Waals surface area contributed by atoms with E-state index in [-0.39, 0.29) is 5.92 Å². The first-order chi connectivity index (χ1) is 11.3. The average molecular weight is 355 g/mol. The lowest BCUT2D eigenvalue weighted by Gasteiger charge is -2.33. The van der Waals surface area contributed by atoms with Crippen molar-refractivity contribution in [3.8, 4) is 6.07 Å². The summed E-state index contributed by atoms with van der Waals surface area (Å²) < 4.78 is 44.3. The second-order valence-corrected chi connectivity index (χ2v) is 6.69. The van der Waals surface area contributed by atoms with Gasteiger partial charge in [0.05, 0.1) is 5.69 Å². The highest BCUT2D eigenvalue weighted by Crippen LogP contribution is 2.36. The Hall–Kier alpha value is -2.08. The summed E-state index contributed by atoms with van der Waals surface area (Å²) in [5, 5.41) is 10.1. The number of halogens is 3. The van der Waals surface area contributed by atoms with Crippen molar-refractivity contribution in [1.82, 2.24) is 13.9 Å². The Kier molecular flexibility index (Phi) is 4.25. The number of aromatic nitrogens is 3. The smallest absolute Gasteiger partial charge is 0.360 e. The summed E-state index contributed by atoms with van der Waals surface area (Å²) in [4.78, 5) is 5.86. The van der Waals surface area contributed by atoms with Crippen molar-refractivity contribution in [3.63, 3.8) is 0 Å². The van der Waals surface area contributed by atoms with Gasteiger partial charge in [-0.05, 0) is 31.3 Å². The molecule has 24 heavy (non-hydrogen) atoms. The number of piperidine rings is 1. The first kappa shape index (κ1) is 16.8. The molecule has 0 amide bonds. The summed E-state index contributed by atoms with van der Waals surface area (Å²) in [7, 11) is 1.59. The van der Waals surface area contributed by atoms with Crippen molar-refractivity contribution in [1.29, 1.82) is 5.26 Å². The number of anilines is 1. The molecule has 0 unspecified atom stereocenters. The number of hydrogen-bond donors (Lipinski definition) is 0. The van der Waals surface area contributed by atoms with E-state index < -0.39 is 11.9 Å². The second kappa shape index (κ2) is 6.09. The molecule has 0 aliphatic carbocycles. The van der Waals surface area contributed by atoms with Crippen LogP contribution in [0.2, 0.25) is 0 Å². The van der Waals surface area contributed by atoms with Crippen molar-refractivity contribution in [2.75, 3.05) is 18.0 Å². The van der Waals surface area contributed by atoms with E-state index >= 15 is 0 Å². The first-order valence-electron chi connectivity index (χ1n) is 7.53. The molecule has 128 valence electrons. The third-order valence-electron chi connectivity index (χ3n) is 4.23. The van der Waals surface area contributed by atoms with Crippen LogP contribution in [0.1, 0.15) is 41.5 Å². The van der Waals surface area contributed by atoms with Gasteiger partial charge >= 0.3 is 6.18 Å². The molecule has 0 bridgehead atoms. The molecular weight excluding hydrogens is 339 g/mol. The highest BCUT2D eigenvalue weighted by Gasteiger charge is 2.36. The second-order valence-electron chi connectivity index (χ2n) is 5.94. The van der Waals surface area contributed by atoms with Crippen molar-refractivity contribution >= 4 is 16.5 Å². The summed E-state index contributed by atoms with van der Waals surface area (Å²) >= 11 is 1.26. The molecule has 5 nitrogen and oxygen atoms in total. The fourth-order valence-electron chi connectivity index (χ4n) is 3.07. The molecule has 9 heteroatoms. The summed E-state index contributed by atoms with van der Waals surface area (Å²) in [6, 6.07) is 2.17. The third kappa shape index (κ3) is 2.98. The van der Waals surface area contributed by atoms with Crippen molar-refractivity contribution in [2.45, 2.75) is 31.9 Å². The molecule has 3 rings (SSSR count). The summed E-state index contributed by atoms with van der Waals surface area (Å²) in [5.74, 6) is 0.334. The number of rotatable bonds is 2. The van der Waals surface area contributed by atoms with Gasteiger partial charge in [0, 0.05) is 32.3 Å². The minimum absolute atomic E-state index is 0.103. The van der Waals surface area contributed by atoms with E-state index in [4.69, 9.17) is 0 Å². The Bertz CT molecular complexity index is 786. The molecule has 3 heterocycles. The minimum atomic E-state index is -4.44. The van der Waals surface area contributed by atoms with Crippen LogP contribution in [0.25, 0.3) is 0 Å². The summed E-state index contributed by atoms with van der Waals surface area (Å²) in [5.41, 5.74) is 0.385. The van der Waals surface area contributed by atoms with Crippen LogP contribution in [-0.4, -0.2) is 27.0 Å². The van der Waals surface area contributed by atoms with Gasteiger partial charge in [-0.1, -0.05) is 0 Å². The Morgan fingerprint density at radius 3 is 2.79 bits per heavy atom. The predicted molar refractivity (Wildman–Crippen MR) is 84.0 cm³/mol. The minimum Gasteiger partial charge on any atom is -0.360 e. The van der Waals surface area contributed by atoms with Gasteiger partial charge in [0.2, 0.25) is 0 Å². The van der Waals surface area contributed by atoms with Gasteiger partial charge < -0.3 is 9.47 Å². The van der Waals surface area contributed by atoms with Crippen LogP contribution in [0, 0.1) is 18.3 Å². The topological polar surface area (TPSA) is 57.7 Å². The highest BCUT2D eigenvalue weighted by molar-refractivity contribution is 7.10. The van der Waals surface area contributed by atoms with Gasteiger partial charge in [0.1, 0.15) is 22.5 Å². The van der Waals surface area contributed by atoms with E-state index in [1.54, 1.807) is 14.0 Å². The maximum Gasteiger partial charge on any atom is 0.434 e. The molecule has 0 N–H and O–H groups in total. The van der Waals surface area contributed by atoms with E-state index in [0.29, 0.717) is 23.6 Å². The van der Waals surface area contributed by atoms with Crippen LogP contribution in [-0.2, 0) is 13.2 Å². The maximum absolute atomic E-state index is 12.9. The number of hydrogen-bond acceptors (Lipinski definition) is 5. The van der Waals surface area contributed by atoms with Crippen LogP contribution in [0.4, 0.5) is 18.2 Å². The Labute approximate surface area is 141 Å². The Balaban J connectivity index is 1.86. The molecule has 2 aromatic rings. The summed E-state index contributed by atoms with van der Waals surface area (Å²) in [6.45, 7) is 3.09. The maximum atomic E-state index is 12.9. The SMILES string of the molecule is Cc1nsc(N2CCC[C@@H](c3nc(C(F)(F)F)cn3C)C2)c1C#N. The van der Waals surface area contributed by atoms with E-state index in [0.717, 1.165) is 30.6 Å². The van der Waals surface area contributed by atoms with Gasteiger partial charge in [-0.2, -0.15) is 22.8 Å². The van der Waals surface area contributed by atoms with Crippen molar-refractivity contribution in [3.05, 3.63) is 29.0 Å². The summed E-state index contributed by atoms with van der Waals surface area (Å²) in [6.07, 6.45) is -1.79. The molecule has 0 saturated carbocycles. The van der Waals surface area contributed by atoms with E-state index in [9.17, 15) is 18.4 Å². The molecule has 1 aliphatic heterocycles. The molecule has 0 spiro atoms. The van der Waals surface area contributed by atoms with Crippen LogP contribution in [0.3, 0.4) is 0 Å². The fraction of sp³-hybridized carbons (Fsp3) is 0.533. The predicted octanol–water partition coefficient (Wildman–Crippen LogP) is 3.46. The quantitative estimate of drug-likeness (QED) is 0.828. The van der Waals surface area contributed by atoms with Gasteiger partial charge in [0.25, 0.3) is 0 Å². The van der Waals surface area contributed by atoms with E-state index in [1.807, 2.05) is 4.90 Å². The molecule has 2 aromatic heterocycles. The zero-order valence-electron chi connectivity index (χ0n) is 13.3. The van der Waals surface area contributed by atoms with Crippen LogP contribution < -0.4 is 4.90 Å². The lowest BCUT2D eigenvalue weighted by Crippen LogP contribution is -2.35. The van der Waals surface area contributed by atoms with Gasteiger partial charge in [-0.3, -0.25) is 0 Å². The Morgan fingerprint density at radius 1 is 1.42 bits per heavy atom. The highest BCUT2D eigenvalue weighted by atomic mass is 32.1. The zero-order valence-corrected chi connectivity index (χ0v) is 14.1. The molecule has 0 radical (unpaired) electrons. The number of nitriles is 1. The molecular formula is C15H16F3N5S. The number of alkyl halides is 3. The van der Waals surface area contributed by atoms with Crippen LogP contribution in [0.15, 0.2) is 6.20 Å². The van der Waals surface area contributed by atoms with Crippen molar-refractivity contribution in [2.24, 2.45) is 7.05 Å². The normalized spacial score (nSPS) is 18.7.